The fourth-order valence-electron chi connectivity index (χ4n) is 2.05. The zero-order valence-corrected chi connectivity index (χ0v) is 11.4. The second-order valence-electron chi connectivity index (χ2n) is 4.58. The lowest BCUT2D eigenvalue weighted by Crippen LogP contribution is -2.20. The molecule has 3 heteroatoms. The van der Waals surface area contributed by atoms with Crippen molar-refractivity contribution in [2.75, 3.05) is 12.5 Å². The fourth-order valence-corrected chi connectivity index (χ4v) is 2.05. The molecule has 1 N–H and O–H groups in total. The van der Waals surface area contributed by atoms with E-state index in [4.69, 9.17) is 4.74 Å². The number of aromatic nitrogens is 1. The first-order chi connectivity index (χ1) is 8.61. The predicted octanol–water partition coefficient (Wildman–Crippen LogP) is 3.42. The van der Waals surface area contributed by atoms with E-state index in [1.165, 1.54) is 17.0 Å². The van der Waals surface area contributed by atoms with E-state index in [2.05, 4.69) is 55.1 Å². The summed E-state index contributed by atoms with van der Waals surface area (Å²) in [5.74, 6) is 0.891. The Bertz CT molecular complexity index is 512. The van der Waals surface area contributed by atoms with Crippen LogP contribution in [0.5, 0.6) is 5.75 Å². The molecule has 1 aromatic heterocycles. The monoisotopic (exact) mass is 244 g/mol. The minimum Gasteiger partial charge on any atom is -0.497 e. The highest BCUT2D eigenvalue weighted by atomic mass is 16.5. The van der Waals surface area contributed by atoms with Gasteiger partial charge >= 0.3 is 0 Å². The van der Waals surface area contributed by atoms with Crippen LogP contribution in [0.25, 0.3) is 0 Å². The summed E-state index contributed by atoms with van der Waals surface area (Å²) in [6.07, 6.45) is 0. The summed E-state index contributed by atoms with van der Waals surface area (Å²) in [5.41, 5.74) is 7.12. The van der Waals surface area contributed by atoms with Crippen LogP contribution in [0, 0.1) is 13.8 Å². The molecule has 0 spiro atoms. The standard InChI is InChI=1S/C15H20N2O/c1-11-8-9-12(2)17(11)16-13(3)14-6-5-7-15(10-14)18-4/h5-10,13,16H,1-4H3. The molecule has 0 bridgehead atoms. The van der Waals surface area contributed by atoms with Crippen LogP contribution in [0.4, 0.5) is 0 Å². The van der Waals surface area contributed by atoms with Crippen LogP contribution in [-0.2, 0) is 0 Å². The topological polar surface area (TPSA) is 26.2 Å². The van der Waals surface area contributed by atoms with Gasteiger partial charge in [-0.25, -0.2) is 0 Å². The molecular weight excluding hydrogens is 224 g/mol. The Morgan fingerprint density at radius 3 is 2.39 bits per heavy atom. The lowest BCUT2D eigenvalue weighted by atomic mass is 10.1. The Balaban J connectivity index is 2.19. The molecular formula is C15H20N2O. The fraction of sp³-hybridized carbons (Fsp3) is 0.333. The molecule has 1 unspecified atom stereocenters. The van der Waals surface area contributed by atoms with Gasteiger partial charge in [0, 0.05) is 11.4 Å². The van der Waals surface area contributed by atoms with E-state index in [1.54, 1.807) is 7.11 Å². The van der Waals surface area contributed by atoms with Gasteiger partial charge in [0.15, 0.2) is 0 Å². The lowest BCUT2D eigenvalue weighted by Gasteiger charge is -2.20. The molecule has 0 saturated carbocycles. The van der Waals surface area contributed by atoms with E-state index < -0.39 is 0 Å². The van der Waals surface area contributed by atoms with Gasteiger partial charge in [-0.1, -0.05) is 12.1 Å². The van der Waals surface area contributed by atoms with Crippen molar-refractivity contribution >= 4 is 0 Å². The van der Waals surface area contributed by atoms with Crippen molar-refractivity contribution in [3.63, 3.8) is 0 Å². The van der Waals surface area contributed by atoms with E-state index in [-0.39, 0.29) is 6.04 Å². The summed E-state index contributed by atoms with van der Waals surface area (Å²) in [6.45, 7) is 6.34. The van der Waals surface area contributed by atoms with Crippen LogP contribution in [0.3, 0.4) is 0 Å². The Kier molecular flexibility index (Phi) is 3.60. The minimum atomic E-state index is 0.227. The number of aryl methyl sites for hydroxylation is 2. The quantitative estimate of drug-likeness (QED) is 0.892. The molecule has 96 valence electrons. The number of nitrogens with one attached hydrogen (secondary N) is 1. The molecule has 0 aliphatic carbocycles. The highest BCUT2D eigenvalue weighted by Crippen LogP contribution is 2.20. The van der Waals surface area contributed by atoms with E-state index >= 15 is 0 Å². The molecule has 0 amide bonds. The molecule has 2 aromatic rings. The van der Waals surface area contributed by atoms with E-state index in [9.17, 15) is 0 Å². The predicted molar refractivity (Wildman–Crippen MR) is 74.7 cm³/mol. The van der Waals surface area contributed by atoms with Crippen LogP contribution >= 0.6 is 0 Å². The van der Waals surface area contributed by atoms with Crippen molar-refractivity contribution in [1.82, 2.24) is 4.68 Å². The largest absolute Gasteiger partial charge is 0.497 e. The number of benzene rings is 1. The number of hydrogen-bond donors (Lipinski definition) is 1. The van der Waals surface area contributed by atoms with Crippen LogP contribution in [0.15, 0.2) is 36.4 Å². The summed E-state index contributed by atoms with van der Waals surface area (Å²) in [7, 11) is 1.69. The summed E-state index contributed by atoms with van der Waals surface area (Å²) in [5, 5.41) is 0. The number of hydrogen-bond acceptors (Lipinski definition) is 2. The third-order valence-corrected chi connectivity index (χ3v) is 3.19. The van der Waals surface area contributed by atoms with Gasteiger partial charge in [0.25, 0.3) is 0 Å². The van der Waals surface area contributed by atoms with Gasteiger partial charge in [0.2, 0.25) is 0 Å². The van der Waals surface area contributed by atoms with Crippen molar-refractivity contribution in [2.24, 2.45) is 0 Å². The van der Waals surface area contributed by atoms with Crippen molar-refractivity contribution < 1.29 is 4.74 Å². The first kappa shape index (κ1) is 12.6. The summed E-state index contributed by atoms with van der Waals surface area (Å²) >= 11 is 0. The Morgan fingerprint density at radius 1 is 1.11 bits per heavy atom. The Hall–Kier alpha value is -1.90. The highest BCUT2D eigenvalue weighted by molar-refractivity contribution is 5.31. The average Bonchev–Trinajstić information content (AvgIpc) is 2.70. The maximum atomic E-state index is 5.25. The van der Waals surface area contributed by atoms with Gasteiger partial charge in [0.1, 0.15) is 5.75 Å². The molecule has 2 rings (SSSR count). The van der Waals surface area contributed by atoms with Crippen molar-refractivity contribution in [3.8, 4) is 5.75 Å². The van der Waals surface area contributed by atoms with Crippen molar-refractivity contribution in [1.29, 1.82) is 0 Å². The number of nitrogens with zero attached hydrogens (tertiary/aromatic N) is 1. The first-order valence-electron chi connectivity index (χ1n) is 6.17. The molecule has 1 atom stereocenters. The Labute approximate surface area is 108 Å². The maximum absolute atomic E-state index is 5.25. The van der Waals surface area contributed by atoms with Crippen LogP contribution in [0.1, 0.15) is 29.9 Å². The number of rotatable bonds is 4. The van der Waals surface area contributed by atoms with Crippen molar-refractivity contribution in [2.45, 2.75) is 26.8 Å². The summed E-state index contributed by atoms with van der Waals surface area (Å²) in [6, 6.07) is 12.6. The SMILES string of the molecule is COc1cccc(C(C)Nn2c(C)ccc2C)c1. The number of methoxy groups -OCH3 is 1. The van der Waals surface area contributed by atoms with E-state index in [1.807, 2.05) is 12.1 Å². The van der Waals surface area contributed by atoms with Gasteiger partial charge in [0.05, 0.1) is 13.2 Å². The molecule has 1 heterocycles. The van der Waals surface area contributed by atoms with Gasteiger partial charge in [-0.2, -0.15) is 0 Å². The van der Waals surface area contributed by atoms with Gasteiger partial charge < -0.3 is 10.2 Å². The highest BCUT2D eigenvalue weighted by Gasteiger charge is 2.08. The molecule has 1 aromatic carbocycles. The minimum absolute atomic E-state index is 0.227. The number of ether oxygens (including phenoxy) is 1. The van der Waals surface area contributed by atoms with Crippen LogP contribution in [-0.4, -0.2) is 11.8 Å². The molecule has 3 nitrogen and oxygen atoms in total. The van der Waals surface area contributed by atoms with E-state index in [0.29, 0.717) is 0 Å². The van der Waals surface area contributed by atoms with Crippen molar-refractivity contribution in [3.05, 3.63) is 53.3 Å². The molecule has 0 radical (unpaired) electrons. The molecule has 0 aliphatic heterocycles. The first-order valence-corrected chi connectivity index (χ1v) is 6.17. The van der Waals surface area contributed by atoms with Crippen LogP contribution < -0.4 is 10.2 Å². The molecule has 0 fully saturated rings. The van der Waals surface area contributed by atoms with Gasteiger partial charge in [-0.15, -0.1) is 0 Å². The van der Waals surface area contributed by atoms with Crippen LogP contribution in [0.2, 0.25) is 0 Å². The zero-order chi connectivity index (χ0) is 13.1. The lowest BCUT2D eigenvalue weighted by molar-refractivity contribution is 0.414. The molecule has 0 aliphatic rings. The normalized spacial score (nSPS) is 12.2. The average molecular weight is 244 g/mol. The molecule has 18 heavy (non-hydrogen) atoms. The third-order valence-electron chi connectivity index (χ3n) is 3.19. The van der Waals surface area contributed by atoms with E-state index in [0.717, 1.165) is 5.75 Å². The smallest absolute Gasteiger partial charge is 0.119 e. The Morgan fingerprint density at radius 2 is 1.78 bits per heavy atom. The second kappa shape index (κ2) is 5.17. The van der Waals surface area contributed by atoms with Gasteiger partial charge in [-0.05, 0) is 50.6 Å². The summed E-state index contributed by atoms with van der Waals surface area (Å²) in [4.78, 5) is 0. The zero-order valence-electron chi connectivity index (χ0n) is 11.4. The third kappa shape index (κ3) is 2.50. The molecule has 0 saturated heterocycles. The summed E-state index contributed by atoms with van der Waals surface area (Å²) < 4.78 is 7.37. The maximum Gasteiger partial charge on any atom is 0.119 e. The van der Waals surface area contributed by atoms with Gasteiger partial charge in [-0.3, -0.25) is 4.68 Å². The second-order valence-corrected chi connectivity index (χ2v) is 4.58.